The van der Waals surface area contributed by atoms with Crippen LogP contribution in [0.3, 0.4) is 0 Å². The Morgan fingerprint density at radius 2 is 0.493 bits per heavy atom. The monoisotopic (exact) mass is 1310 g/mol. The molecule has 33 nitrogen and oxygen atoms in total. The van der Waals surface area contributed by atoms with Gasteiger partial charge in [0.1, 0.15) is 48.2 Å². The van der Waals surface area contributed by atoms with Crippen LogP contribution in [0.15, 0.2) is 0 Å². The Morgan fingerprint density at radius 1 is 0.360 bits per heavy atom. The molecule has 0 radical (unpaired) electrons. The van der Waals surface area contributed by atoms with E-state index >= 15 is 0 Å². The fraction of sp³-hybridized carbons (Fsp3) is 1.00. The van der Waals surface area contributed by atoms with Gasteiger partial charge in [-0.1, -0.05) is 0 Å². The Labute approximate surface area is 468 Å². The van der Waals surface area contributed by atoms with Gasteiger partial charge in [0, 0.05) is 37.9 Å². The molecule has 0 bridgehead atoms. The molecule has 452 valence electrons. The first-order valence-corrected chi connectivity index (χ1v) is 38.0. The number of aliphatic hydroxyl groups excluding tert-OH is 1. The predicted octanol–water partition coefficient (Wildman–Crippen LogP) is -8.15. The van der Waals surface area contributed by atoms with E-state index in [0.29, 0.717) is 0 Å². The molecule has 5 unspecified atom stereocenters. The molecule has 1 N–H and O–H groups in total. The van der Waals surface area contributed by atoms with Gasteiger partial charge in [-0.3, -0.25) is 4.21 Å². The molecule has 0 spiro atoms. The van der Waals surface area contributed by atoms with E-state index < -0.39 is 164 Å². The van der Waals surface area contributed by atoms with Crippen molar-refractivity contribution in [2.75, 3.05) is 167 Å². The predicted molar refractivity (Wildman–Crippen MR) is 262 cm³/mol. The van der Waals surface area contributed by atoms with Crippen molar-refractivity contribution in [1.82, 2.24) is 0 Å². The minimum absolute atomic E-state index is 0. The van der Waals surface area contributed by atoms with E-state index in [1.807, 2.05) is 0 Å². The van der Waals surface area contributed by atoms with Gasteiger partial charge in [0.25, 0.3) is 40.5 Å². The Bertz CT molecular complexity index is 2060. The second kappa shape index (κ2) is 42.2. The van der Waals surface area contributed by atoms with Crippen LogP contribution >= 0.6 is 0 Å². The third kappa shape index (κ3) is 83.3. The van der Waals surface area contributed by atoms with Crippen LogP contribution in [0.25, 0.3) is 0 Å². The van der Waals surface area contributed by atoms with Crippen molar-refractivity contribution >= 4 is 99.8 Å². The average Bonchev–Trinajstić information content (AvgIpc) is 3.13. The van der Waals surface area contributed by atoms with Crippen molar-refractivity contribution in [3.8, 4) is 0 Å². The maximum atomic E-state index is 11.2. The van der Waals surface area contributed by atoms with E-state index in [4.69, 9.17) is 52.5 Å². The second-order valence-corrected chi connectivity index (χ2v) is 32.8. The van der Waals surface area contributed by atoms with Gasteiger partial charge in [-0.25, -0.2) is 50.4 Å². The van der Waals surface area contributed by atoms with Crippen LogP contribution in [-0.2, 0) is 164 Å². The third-order valence-corrected chi connectivity index (χ3v) is 10.4. The molecule has 5 atom stereocenters. The third-order valence-electron chi connectivity index (χ3n) is 5.88. The Kier molecular flexibility index (Phi) is 47.3. The first kappa shape index (κ1) is 84.1. The second-order valence-electron chi connectivity index (χ2n) is 14.7. The van der Waals surface area contributed by atoms with E-state index in [1.165, 1.54) is 0 Å². The van der Waals surface area contributed by atoms with Crippen LogP contribution < -0.4 is 29.6 Å². The molecule has 0 aliphatic rings. The molecular weight excluding hydrogens is 1240 g/mol. The molecule has 0 saturated carbocycles. The van der Waals surface area contributed by atoms with Crippen molar-refractivity contribution in [3.05, 3.63) is 0 Å². The molecule has 0 aromatic carbocycles. The maximum absolute atomic E-state index is 11.2. The van der Waals surface area contributed by atoms with Gasteiger partial charge in [0.2, 0.25) is 0 Å². The molecule has 0 aliphatic heterocycles. The van der Waals surface area contributed by atoms with Crippen molar-refractivity contribution < 1.29 is 175 Å². The minimum atomic E-state index is -3.79. The van der Waals surface area contributed by atoms with Crippen molar-refractivity contribution in [2.45, 2.75) is 31.3 Å². The molecule has 0 aromatic rings. The summed E-state index contributed by atoms with van der Waals surface area (Å²) in [7, 11) is -32.0. The van der Waals surface area contributed by atoms with Gasteiger partial charge < -0.3 is 57.0 Å². The zero-order valence-electron chi connectivity index (χ0n) is 42.9. The largest absolute Gasteiger partial charge is 1.00 e. The molecule has 0 aromatic heterocycles. The van der Waals surface area contributed by atoms with E-state index in [-0.39, 0.29) is 89.0 Å². The number of ether oxygens (including phenoxy) is 10. The van der Waals surface area contributed by atoms with Gasteiger partial charge in [0.05, 0.1) is 77.9 Å². The number of aliphatic hydroxyl groups is 1. The SMILES string of the molecule is CCO.CS(=O)(=O)COCC(COCC(COCS(C)(=O)=O)OCOS(C)(=O)=O)OCOS(C)(=O)=O.CS(=O)(=O)COCC(COCC(COCS(C)(=O)=O)OCOS(C)(=O)=O)OCOS(C)(=O)=O.CS(=O)([O-])=S.[Na+]. The quantitative estimate of drug-likeness (QED) is 0.0338. The van der Waals surface area contributed by atoms with E-state index in [0.717, 1.165) is 56.3 Å². The number of rotatable bonds is 40. The van der Waals surface area contributed by atoms with Crippen LogP contribution in [0.1, 0.15) is 6.92 Å². The fourth-order valence-corrected chi connectivity index (χ4v) is 5.93. The fourth-order valence-electron chi connectivity index (χ4n) is 3.41. The molecule has 0 heterocycles. The summed E-state index contributed by atoms with van der Waals surface area (Å²) in [4.78, 5) is 0. The van der Waals surface area contributed by atoms with E-state index in [2.05, 4.69) is 27.9 Å². The number of hydrogen-bond donors (Lipinski definition) is 1. The van der Waals surface area contributed by atoms with Crippen LogP contribution in [0, 0.1) is 0 Å². The van der Waals surface area contributed by atoms with Crippen LogP contribution in [-0.4, -0.2) is 272 Å². The van der Waals surface area contributed by atoms with Crippen molar-refractivity contribution in [1.29, 1.82) is 0 Å². The van der Waals surface area contributed by atoms with Gasteiger partial charge in [-0.15, -0.1) is 0 Å². The van der Waals surface area contributed by atoms with Crippen LogP contribution in [0.2, 0.25) is 0 Å². The summed E-state index contributed by atoms with van der Waals surface area (Å²) in [6.45, 7) is -3.02. The van der Waals surface area contributed by atoms with E-state index in [1.54, 1.807) is 6.92 Å². The zero-order chi connectivity index (χ0) is 58.7. The molecule has 75 heavy (non-hydrogen) atoms. The Hall–Kier alpha value is 0.330. The molecule has 44 heteroatoms. The van der Waals surface area contributed by atoms with Gasteiger partial charge in [-0.05, 0) is 26.9 Å². The van der Waals surface area contributed by atoms with Gasteiger partial charge in [0.15, 0.2) is 66.5 Å². The number of sulfone groups is 4. The standard InChI is InChI=1S/2C14H30O15S4.C2H6O.CH4O2S2.Na/c2*1-30(15,16)11-24-7-13(26-9-28-32(3,19)20)5-23-6-14(8-25-12-31(2,17)18)27-10-29-33(4,21)22;1-2-3;1-5(2,3)4;/h2*13-14H,5-12H2,1-4H3;3H,2H2,1H3;1H3,(H,2,3,4);/q;;;;+1/p-1. The Morgan fingerprint density at radius 3 is 0.613 bits per heavy atom. The summed E-state index contributed by atoms with van der Waals surface area (Å²) in [6.07, 6.45) is 4.14. The maximum Gasteiger partial charge on any atom is 1.00 e. The summed E-state index contributed by atoms with van der Waals surface area (Å²) in [5.74, 6) is -2.47. The summed E-state index contributed by atoms with van der Waals surface area (Å²) in [6, 6.07) is 0. The normalized spacial score (nSPS) is 15.2. The zero-order valence-corrected chi connectivity index (χ0v) is 53.1. The first-order valence-electron chi connectivity index (χ1n) is 19.7. The van der Waals surface area contributed by atoms with Crippen molar-refractivity contribution in [3.63, 3.8) is 0 Å². The molecule has 0 aliphatic carbocycles. The average molecular weight is 1310 g/mol. The smallest absolute Gasteiger partial charge is 0.770 e. The Balaban J connectivity index is -0.000000375. The molecule has 0 fully saturated rings. The summed E-state index contributed by atoms with van der Waals surface area (Å²) >= 11 is 3.80. The van der Waals surface area contributed by atoms with Gasteiger partial charge in [-0.2, -0.15) is 33.7 Å². The number of hydrogen-bond acceptors (Lipinski definition) is 34. The molecular formula is C31H69NaO33S10. The van der Waals surface area contributed by atoms with E-state index in [9.17, 15) is 76.1 Å². The van der Waals surface area contributed by atoms with Gasteiger partial charge >= 0.3 is 29.6 Å². The first-order chi connectivity index (χ1) is 33.1. The molecule has 0 amide bonds. The molecule has 0 saturated heterocycles. The minimum Gasteiger partial charge on any atom is -0.770 e. The van der Waals surface area contributed by atoms with Crippen LogP contribution in [0.4, 0.5) is 0 Å². The summed E-state index contributed by atoms with van der Waals surface area (Å²) < 4.78 is 266. The van der Waals surface area contributed by atoms with Crippen molar-refractivity contribution in [2.24, 2.45) is 0 Å². The summed E-state index contributed by atoms with van der Waals surface area (Å²) in [5, 5.41) is 7.57. The summed E-state index contributed by atoms with van der Waals surface area (Å²) in [5.41, 5.74) is 0. The van der Waals surface area contributed by atoms with Crippen LogP contribution in [0.5, 0.6) is 0 Å². The molecule has 0 rings (SSSR count). The topological polar surface area (TPSA) is 463 Å².